The Morgan fingerprint density at radius 3 is 2.96 bits per heavy atom. The van der Waals surface area contributed by atoms with E-state index in [0.29, 0.717) is 11.4 Å². The predicted octanol–water partition coefficient (Wildman–Crippen LogP) is 3.00. The molecule has 3 amide bonds. The fourth-order valence-electron chi connectivity index (χ4n) is 3.41. The largest absolute Gasteiger partial charge is 0.325 e. The van der Waals surface area contributed by atoms with Crippen molar-refractivity contribution in [1.29, 1.82) is 0 Å². The number of carbonyl (C=O) groups excluding carboxylic acids is 2. The number of aryl methyl sites for hydroxylation is 2. The Kier molecular flexibility index (Phi) is 3.21. The predicted molar refractivity (Wildman–Crippen MR) is 87.4 cm³/mol. The van der Waals surface area contributed by atoms with Gasteiger partial charge in [-0.2, -0.15) is 4.37 Å². The summed E-state index contributed by atoms with van der Waals surface area (Å²) in [6.07, 6.45) is 1.31. The third-order valence-corrected chi connectivity index (χ3v) is 5.56. The highest BCUT2D eigenvalue weighted by Gasteiger charge is 2.55. The van der Waals surface area contributed by atoms with Gasteiger partial charge in [0.15, 0.2) is 0 Å². The van der Waals surface area contributed by atoms with E-state index in [-0.39, 0.29) is 18.5 Å². The number of nitrogens with one attached hydrogen (secondary N) is 1. The van der Waals surface area contributed by atoms with Gasteiger partial charge in [0.25, 0.3) is 5.91 Å². The molecule has 23 heavy (non-hydrogen) atoms. The number of hydrogen-bond acceptors (Lipinski definition) is 4. The molecule has 1 spiro atoms. The fourth-order valence-corrected chi connectivity index (χ4v) is 4.33. The monoisotopic (exact) mass is 347 g/mol. The Morgan fingerprint density at radius 2 is 2.22 bits per heavy atom. The van der Waals surface area contributed by atoms with E-state index < -0.39 is 5.54 Å². The highest BCUT2D eigenvalue weighted by molar-refractivity contribution is 7.05. The number of rotatable bonds is 2. The van der Waals surface area contributed by atoms with Crippen LogP contribution < -0.4 is 5.32 Å². The number of fused-ring (bicyclic) bond motifs is 2. The van der Waals surface area contributed by atoms with Crippen LogP contribution in [0.4, 0.5) is 4.79 Å². The number of hydrogen-bond donors (Lipinski definition) is 1. The maximum Gasteiger partial charge on any atom is 0.325 e. The normalized spacial score (nSPS) is 22.8. The van der Waals surface area contributed by atoms with Crippen molar-refractivity contribution in [2.24, 2.45) is 0 Å². The van der Waals surface area contributed by atoms with Crippen LogP contribution in [-0.2, 0) is 23.3 Å². The number of aromatic nitrogens is 1. The van der Waals surface area contributed by atoms with Gasteiger partial charge in [-0.15, -0.1) is 0 Å². The molecule has 1 aromatic heterocycles. The third-order valence-electron chi connectivity index (χ3n) is 4.46. The van der Waals surface area contributed by atoms with Gasteiger partial charge in [0.1, 0.15) is 5.54 Å². The molecule has 0 bridgehead atoms. The number of benzene rings is 1. The number of amides is 3. The number of carbonyl (C=O) groups is 2. The zero-order valence-electron chi connectivity index (χ0n) is 12.4. The minimum absolute atomic E-state index is 0.186. The van der Waals surface area contributed by atoms with Crippen molar-refractivity contribution in [2.75, 3.05) is 0 Å². The highest BCUT2D eigenvalue weighted by Crippen LogP contribution is 2.42. The average Bonchev–Trinajstić information content (AvgIpc) is 3.14. The van der Waals surface area contributed by atoms with Crippen LogP contribution in [0, 0.1) is 6.92 Å². The maximum absolute atomic E-state index is 13.0. The summed E-state index contributed by atoms with van der Waals surface area (Å²) in [6.45, 7) is 2.16. The van der Waals surface area contributed by atoms with E-state index in [9.17, 15) is 9.59 Å². The molecule has 0 radical (unpaired) electrons. The lowest BCUT2D eigenvalue weighted by Crippen LogP contribution is -2.41. The van der Waals surface area contributed by atoms with E-state index >= 15 is 0 Å². The van der Waals surface area contributed by atoms with E-state index in [4.69, 9.17) is 11.6 Å². The van der Waals surface area contributed by atoms with E-state index in [1.807, 2.05) is 25.1 Å². The molecule has 1 atom stereocenters. The molecule has 118 valence electrons. The molecule has 7 heteroatoms. The lowest BCUT2D eigenvalue weighted by molar-refractivity contribution is -0.132. The Morgan fingerprint density at radius 1 is 1.39 bits per heavy atom. The van der Waals surface area contributed by atoms with Gasteiger partial charge in [-0.05, 0) is 60.6 Å². The Hall–Kier alpha value is -1.92. The van der Waals surface area contributed by atoms with Gasteiger partial charge in [-0.25, -0.2) is 4.79 Å². The van der Waals surface area contributed by atoms with Gasteiger partial charge in [0, 0.05) is 9.90 Å². The molecule has 1 N–H and O–H groups in total. The van der Waals surface area contributed by atoms with Crippen molar-refractivity contribution in [2.45, 2.75) is 31.8 Å². The van der Waals surface area contributed by atoms with E-state index in [2.05, 4.69) is 9.69 Å². The zero-order chi connectivity index (χ0) is 16.2. The first-order valence-electron chi connectivity index (χ1n) is 7.35. The van der Waals surface area contributed by atoms with Crippen molar-refractivity contribution in [1.82, 2.24) is 14.6 Å². The van der Waals surface area contributed by atoms with Crippen molar-refractivity contribution in [3.8, 4) is 0 Å². The van der Waals surface area contributed by atoms with Crippen molar-refractivity contribution < 1.29 is 9.59 Å². The Bertz CT molecular complexity index is 834. The second kappa shape index (κ2) is 5.04. The van der Waals surface area contributed by atoms with Crippen LogP contribution >= 0.6 is 23.1 Å². The van der Waals surface area contributed by atoms with Crippen LogP contribution in [-0.4, -0.2) is 21.2 Å². The van der Waals surface area contributed by atoms with Crippen LogP contribution in [0.2, 0.25) is 5.02 Å². The van der Waals surface area contributed by atoms with Gasteiger partial charge in [0.2, 0.25) is 0 Å². The molecule has 1 fully saturated rings. The molecule has 1 aromatic carbocycles. The summed E-state index contributed by atoms with van der Waals surface area (Å²) in [5.41, 5.74) is 1.86. The SMILES string of the molecule is Cc1cc(CN2C(=O)NC3(CCc4cc(Cl)ccc43)C2=O)sn1. The summed E-state index contributed by atoms with van der Waals surface area (Å²) in [4.78, 5) is 27.6. The molecule has 2 heterocycles. The first-order chi connectivity index (χ1) is 11.0. The topological polar surface area (TPSA) is 62.3 Å². The molecule has 1 saturated heterocycles. The molecule has 1 aliphatic carbocycles. The number of halogens is 1. The smallest absolute Gasteiger partial charge is 0.319 e. The van der Waals surface area contributed by atoms with Crippen molar-refractivity contribution in [3.05, 3.63) is 51.0 Å². The molecule has 5 nitrogen and oxygen atoms in total. The number of nitrogens with zero attached hydrogens (tertiary/aromatic N) is 2. The van der Waals surface area contributed by atoms with Crippen LogP contribution in [0.25, 0.3) is 0 Å². The Labute approximate surface area is 142 Å². The highest BCUT2D eigenvalue weighted by atomic mass is 35.5. The van der Waals surface area contributed by atoms with Gasteiger partial charge >= 0.3 is 6.03 Å². The zero-order valence-corrected chi connectivity index (χ0v) is 14.0. The van der Waals surface area contributed by atoms with Gasteiger partial charge in [-0.1, -0.05) is 17.7 Å². The fraction of sp³-hybridized carbons (Fsp3) is 0.312. The van der Waals surface area contributed by atoms with E-state index in [0.717, 1.165) is 28.1 Å². The minimum atomic E-state index is -0.934. The molecule has 1 aliphatic heterocycles. The summed E-state index contributed by atoms with van der Waals surface area (Å²) in [5, 5.41) is 3.56. The van der Waals surface area contributed by atoms with Crippen LogP contribution in [0.5, 0.6) is 0 Å². The average molecular weight is 348 g/mol. The lowest BCUT2D eigenvalue weighted by atomic mass is 9.92. The quantitative estimate of drug-likeness (QED) is 0.849. The molecular formula is C16H14ClN3O2S. The first kappa shape index (κ1) is 14.7. The summed E-state index contributed by atoms with van der Waals surface area (Å²) >= 11 is 7.35. The van der Waals surface area contributed by atoms with Crippen molar-refractivity contribution in [3.63, 3.8) is 0 Å². The summed E-state index contributed by atoms with van der Waals surface area (Å²) in [5.74, 6) is -0.186. The maximum atomic E-state index is 13.0. The first-order valence-corrected chi connectivity index (χ1v) is 8.50. The molecule has 1 unspecified atom stereocenters. The molecular weight excluding hydrogens is 334 g/mol. The van der Waals surface area contributed by atoms with E-state index in [1.54, 1.807) is 6.07 Å². The second-order valence-corrected chi connectivity index (χ2v) is 7.29. The van der Waals surface area contributed by atoms with Gasteiger partial charge < -0.3 is 5.32 Å². The molecule has 0 saturated carbocycles. The van der Waals surface area contributed by atoms with Crippen LogP contribution in [0.15, 0.2) is 24.3 Å². The van der Waals surface area contributed by atoms with E-state index in [1.165, 1.54) is 16.4 Å². The molecule has 2 aromatic rings. The summed E-state index contributed by atoms with van der Waals surface area (Å²) < 4.78 is 4.20. The number of imide groups is 1. The van der Waals surface area contributed by atoms with Crippen LogP contribution in [0.1, 0.15) is 28.1 Å². The molecule has 2 aliphatic rings. The van der Waals surface area contributed by atoms with Crippen LogP contribution in [0.3, 0.4) is 0 Å². The number of urea groups is 1. The summed E-state index contributed by atoms with van der Waals surface area (Å²) in [6, 6.07) is 7.05. The van der Waals surface area contributed by atoms with Crippen molar-refractivity contribution >= 4 is 35.1 Å². The standard InChI is InChI=1S/C16H14ClN3O2S/c1-9-6-12(23-19-9)8-20-14(21)16(18-15(20)22)5-4-10-7-11(17)2-3-13(10)16/h2-3,6-7H,4-5,8H2,1H3,(H,18,22). The molecule has 4 rings (SSSR count). The summed E-state index contributed by atoms with van der Waals surface area (Å²) in [7, 11) is 0. The van der Waals surface area contributed by atoms with Gasteiger partial charge in [-0.3, -0.25) is 9.69 Å². The Balaban J connectivity index is 1.68. The minimum Gasteiger partial charge on any atom is -0.319 e. The third kappa shape index (κ3) is 2.16. The second-order valence-electron chi connectivity index (χ2n) is 5.96. The lowest BCUT2D eigenvalue weighted by Gasteiger charge is -2.22. The van der Waals surface area contributed by atoms with Gasteiger partial charge in [0.05, 0.1) is 12.2 Å².